The summed E-state index contributed by atoms with van der Waals surface area (Å²) < 4.78 is 13.6. The summed E-state index contributed by atoms with van der Waals surface area (Å²) in [6.07, 6.45) is 3.04. The van der Waals surface area contributed by atoms with E-state index in [0.717, 1.165) is 24.3 Å². The van der Waals surface area contributed by atoms with Gasteiger partial charge in [-0.3, -0.25) is 0 Å². The van der Waals surface area contributed by atoms with Crippen molar-refractivity contribution >= 4 is 27.7 Å². The summed E-state index contributed by atoms with van der Waals surface area (Å²) in [6.45, 7) is 3.07. The minimum absolute atomic E-state index is 0.200. The van der Waals surface area contributed by atoms with Crippen molar-refractivity contribution < 1.29 is 4.39 Å². The first-order valence-electron chi connectivity index (χ1n) is 5.33. The first-order chi connectivity index (χ1) is 7.67. The summed E-state index contributed by atoms with van der Waals surface area (Å²) >= 11 is 5.04. The van der Waals surface area contributed by atoms with E-state index in [-0.39, 0.29) is 5.82 Å². The second-order valence-corrected chi connectivity index (χ2v) is 5.43. The Balaban J connectivity index is 2.65. The quantitative estimate of drug-likeness (QED) is 0.863. The van der Waals surface area contributed by atoms with Crippen LogP contribution in [0.25, 0.3) is 0 Å². The summed E-state index contributed by atoms with van der Waals surface area (Å²) in [5.41, 5.74) is 1.16. The second-order valence-electron chi connectivity index (χ2n) is 3.66. The van der Waals surface area contributed by atoms with Gasteiger partial charge in [-0.25, -0.2) is 4.39 Å². The van der Waals surface area contributed by atoms with Crippen LogP contribution in [-0.4, -0.2) is 24.6 Å². The minimum Gasteiger partial charge on any atom is -0.313 e. The lowest BCUT2D eigenvalue weighted by atomic mass is 10.1. The van der Waals surface area contributed by atoms with Crippen LogP contribution in [0.15, 0.2) is 22.7 Å². The van der Waals surface area contributed by atoms with E-state index in [1.165, 1.54) is 6.07 Å². The highest BCUT2D eigenvalue weighted by Gasteiger charge is 2.08. The van der Waals surface area contributed by atoms with Gasteiger partial charge >= 0.3 is 0 Å². The summed E-state index contributed by atoms with van der Waals surface area (Å²) in [7, 11) is 0. The van der Waals surface area contributed by atoms with Crippen LogP contribution in [0.3, 0.4) is 0 Å². The lowest BCUT2D eigenvalue weighted by Crippen LogP contribution is -2.33. The van der Waals surface area contributed by atoms with Gasteiger partial charge in [-0.15, -0.1) is 0 Å². The molecule has 1 nitrogen and oxygen atoms in total. The van der Waals surface area contributed by atoms with E-state index in [4.69, 9.17) is 0 Å². The molecule has 0 aliphatic rings. The predicted octanol–water partition coefficient (Wildman–Crippen LogP) is 3.47. The molecule has 0 aliphatic heterocycles. The molecule has 0 saturated heterocycles. The number of benzene rings is 1. The van der Waals surface area contributed by atoms with Crippen molar-refractivity contribution in [2.45, 2.75) is 19.4 Å². The van der Waals surface area contributed by atoms with Crippen LogP contribution in [0.4, 0.5) is 4.39 Å². The average molecular weight is 306 g/mol. The maximum atomic E-state index is 13.1. The van der Waals surface area contributed by atoms with Gasteiger partial charge in [0, 0.05) is 11.8 Å². The highest BCUT2D eigenvalue weighted by atomic mass is 79.9. The molecule has 1 aromatic carbocycles. The molecule has 1 unspecified atom stereocenters. The van der Waals surface area contributed by atoms with E-state index in [9.17, 15) is 4.39 Å². The number of rotatable bonds is 6. The normalized spacial score (nSPS) is 12.8. The van der Waals surface area contributed by atoms with Gasteiger partial charge in [0.15, 0.2) is 0 Å². The van der Waals surface area contributed by atoms with E-state index in [0.29, 0.717) is 10.5 Å². The van der Waals surface area contributed by atoms with Crippen molar-refractivity contribution in [3.05, 3.63) is 34.1 Å². The van der Waals surface area contributed by atoms with Gasteiger partial charge in [-0.1, -0.05) is 13.0 Å². The topological polar surface area (TPSA) is 12.0 Å². The third kappa shape index (κ3) is 4.44. The molecule has 1 N–H and O–H groups in total. The molecule has 0 heterocycles. The number of hydrogen-bond acceptors (Lipinski definition) is 2. The predicted molar refractivity (Wildman–Crippen MR) is 73.7 cm³/mol. The van der Waals surface area contributed by atoms with Crippen LogP contribution in [0.5, 0.6) is 0 Å². The van der Waals surface area contributed by atoms with Gasteiger partial charge in [-0.05, 0) is 52.8 Å². The maximum absolute atomic E-state index is 13.1. The summed E-state index contributed by atoms with van der Waals surface area (Å²) in [4.78, 5) is 0. The van der Waals surface area contributed by atoms with Crippen LogP contribution < -0.4 is 5.32 Å². The Labute approximate surface area is 109 Å². The molecule has 16 heavy (non-hydrogen) atoms. The van der Waals surface area contributed by atoms with Crippen molar-refractivity contribution in [2.75, 3.05) is 18.6 Å². The third-order valence-corrected chi connectivity index (χ3v) is 3.67. The third-order valence-electron chi connectivity index (χ3n) is 2.33. The molecule has 0 amide bonds. The molecular formula is C12H17BrFNS. The van der Waals surface area contributed by atoms with Gasteiger partial charge in [0.2, 0.25) is 0 Å². The Kier molecular flexibility index (Phi) is 6.39. The Morgan fingerprint density at radius 2 is 2.25 bits per heavy atom. The lowest BCUT2D eigenvalue weighted by Gasteiger charge is -2.16. The van der Waals surface area contributed by atoms with E-state index >= 15 is 0 Å². The zero-order valence-corrected chi connectivity index (χ0v) is 12.0. The monoisotopic (exact) mass is 305 g/mol. The van der Waals surface area contributed by atoms with Crippen LogP contribution in [0, 0.1) is 5.82 Å². The van der Waals surface area contributed by atoms with Crippen molar-refractivity contribution in [3.8, 4) is 0 Å². The van der Waals surface area contributed by atoms with Gasteiger partial charge in [0.05, 0.1) is 4.47 Å². The number of nitrogens with one attached hydrogen (secondary N) is 1. The summed E-state index contributed by atoms with van der Waals surface area (Å²) in [6, 6.07) is 5.68. The zero-order valence-electron chi connectivity index (χ0n) is 9.59. The Morgan fingerprint density at radius 1 is 1.50 bits per heavy atom. The molecule has 0 saturated carbocycles. The summed E-state index contributed by atoms with van der Waals surface area (Å²) in [5.74, 6) is 0.872. The fourth-order valence-corrected chi connectivity index (χ4v) is 2.70. The first kappa shape index (κ1) is 14.0. The largest absolute Gasteiger partial charge is 0.313 e. The molecule has 0 bridgehead atoms. The SMILES string of the molecule is CCNC(CSC)Cc1ccc(F)c(Br)c1. The molecule has 1 aromatic rings. The fraction of sp³-hybridized carbons (Fsp3) is 0.500. The highest BCUT2D eigenvalue weighted by molar-refractivity contribution is 9.10. The van der Waals surface area contributed by atoms with E-state index in [1.54, 1.807) is 0 Å². The van der Waals surface area contributed by atoms with Crippen LogP contribution in [-0.2, 0) is 6.42 Å². The van der Waals surface area contributed by atoms with E-state index < -0.39 is 0 Å². The minimum atomic E-state index is -0.200. The number of thioether (sulfide) groups is 1. The maximum Gasteiger partial charge on any atom is 0.137 e. The highest BCUT2D eigenvalue weighted by Crippen LogP contribution is 2.18. The molecule has 4 heteroatoms. The van der Waals surface area contributed by atoms with E-state index in [2.05, 4.69) is 34.4 Å². The Bertz CT molecular complexity index is 327. The molecule has 0 aliphatic carbocycles. The van der Waals surface area contributed by atoms with Crippen LogP contribution >= 0.6 is 27.7 Å². The molecule has 0 fully saturated rings. The Morgan fingerprint density at radius 3 is 2.81 bits per heavy atom. The number of halogens is 2. The van der Waals surface area contributed by atoms with Crippen molar-refractivity contribution in [1.82, 2.24) is 5.32 Å². The summed E-state index contributed by atoms with van der Waals surface area (Å²) in [5, 5.41) is 3.44. The fourth-order valence-electron chi connectivity index (χ4n) is 1.63. The molecule has 0 aromatic heterocycles. The van der Waals surface area contributed by atoms with E-state index in [1.807, 2.05) is 23.9 Å². The van der Waals surface area contributed by atoms with Crippen molar-refractivity contribution in [2.24, 2.45) is 0 Å². The second kappa shape index (κ2) is 7.30. The standard InChI is InChI=1S/C12H17BrFNS/c1-3-15-10(8-16-2)6-9-4-5-12(14)11(13)7-9/h4-5,7,10,15H,3,6,8H2,1-2H3. The zero-order chi connectivity index (χ0) is 12.0. The number of likely N-dealkylation sites (N-methyl/N-ethyl adjacent to an activating group) is 1. The molecular weight excluding hydrogens is 289 g/mol. The molecule has 0 radical (unpaired) electrons. The molecule has 0 spiro atoms. The molecule has 90 valence electrons. The first-order valence-corrected chi connectivity index (χ1v) is 7.52. The van der Waals surface area contributed by atoms with Gasteiger partial charge in [0.25, 0.3) is 0 Å². The number of hydrogen-bond donors (Lipinski definition) is 1. The lowest BCUT2D eigenvalue weighted by molar-refractivity contribution is 0.570. The molecule has 1 atom stereocenters. The van der Waals surface area contributed by atoms with Gasteiger partial charge in [-0.2, -0.15) is 11.8 Å². The van der Waals surface area contributed by atoms with Gasteiger partial charge in [0.1, 0.15) is 5.82 Å². The van der Waals surface area contributed by atoms with Crippen LogP contribution in [0.1, 0.15) is 12.5 Å². The van der Waals surface area contributed by atoms with Gasteiger partial charge < -0.3 is 5.32 Å². The average Bonchev–Trinajstić information content (AvgIpc) is 2.24. The van der Waals surface area contributed by atoms with Crippen molar-refractivity contribution in [3.63, 3.8) is 0 Å². The van der Waals surface area contributed by atoms with Crippen LogP contribution in [0.2, 0.25) is 0 Å². The Hall–Kier alpha value is -0.0600. The van der Waals surface area contributed by atoms with Crippen molar-refractivity contribution in [1.29, 1.82) is 0 Å². The molecule has 1 rings (SSSR count). The smallest absolute Gasteiger partial charge is 0.137 e.